The van der Waals surface area contributed by atoms with Gasteiger partial charge in [-0.1, -0.05) is 13.8 Å². The maximum absolute atomic E-state index is 12.3. The maximum atomic E-state index is 12.3. The number of rotatable bonds is 6. The van der Waals surface area contributed by atoms with E-state index in [1.54, 1.807) is 20.2 Å². The van der Waals surface area contributed by atoms with E-state index in [1.807, 2.05) is 13.8 Å². The van der Waals surface area contributed by atoms with Crippen LogP contribution >= 0.6 is 0 Å². The lowest BCUT2D eigenvalue weighted by molar-refractivity contribution is 0.0939. The van der Waals surface area contributed by atoms with Crippen LogP contribution in [-0.2, 0) is 9.84 Å². The van der Waals surface area contributed by atoms with Crippen molar-refractivity contribution in [3.8, 4) is 0 Å². The average molecular weight is 314 g/mol. The van der Waals surface area contributed by atoms with Gasteiger partial charge >= 0.3 is 0 Å². The third-order valence-electron chi connectivity index (χ3n) is 2.74. The Balaban J connectivity index is 2.97. The molecule has 1 atom stereocenters. The quantitative estimate of drug-likeness (QED) is 0.805. The molecular formula is C13H22N4O3S. The van der Waals surface area contributed by atoms with Gasteiger partial charge in [-0.2, -0.15) is 0 Å². The standard InChI is InChI=1S/C13H22N4O3S/c1-8(2)12-15-6-10(14-4)11(17-12)13(18)16-9(3)7-21(5,19)20/h6,8-9,14H,7H2,1-5H3,(H,16,18). The summed E-state index contributed by atoms with van der Waals surface area (Å²) in [7, 11) is -1.48. The molecule has 0 aliphatic carbocycles. The molecule has 21 heavy (non-hydrogen) atoms. The second-order valence-corrected chi connectivity index (χ2v) is 7.55. The van der Waals surface area contributed by atoms with Crippen molar-refractivity contribution in [2.24, 2.45) is 0 Å². The van der Waals surface area contributed by atoms with Gasteiger partial charge in [0, 0.05) is 25.3 Å². The molecule has 8 heteroatoms. The number of sulfone groups is 1. The second kappa shape index (κ2) is 6.84. The van der Waals surface area contributed by atoms with Crippen LogP contribution in [0.2, 0.25) is 0 Å². The van der Waals surface area contributed by atoms with Crippen molar-refractivity contribution in [2.45, 2.75) is 32.7 Å². The van der Waals surface area contributed by atoms with Crippen LogP contribution in [0.1, 0.15) is 43.0 Å². The predicted octanol–water partition coefficient (Wildman–Crippen LogP) is 0.805. The molecule has 1 aromatic heterocycles. The van der Waals surface area contributed by atoms with Crippen molar-refractivity contribution in [1.82, 2.24) is 15.3 Å². The molecule has 0 saturated carbocycles. The molecule has 1 heterocycles. The fraction of sp³-hybridized carbons (Fsp3) is 0.615. The number of carbonyl (C=O) groups is 1. The fourth-order valence-electron chi connectivity index (χ4n) is 1.82. The van der Waals surface area contributed by atoms with Crippen LogP contribution in [0.3, 0.4) is 0 Å². The third kappa shape index (κ3) is 5.30. The molecule has 7 nitrogen and oxygen atoms in total. The van der Waals surface area contributed by atoms with Crippen molar-refractivity contribution in [3.05, 3.63) is 17.7 Å². The van der Waals surface area contributed by atoms with Crippen LogP contribution < -0.4 is 10.6 Å². The Bertz CT molecular complexity index is 614. The highest BCUT2D eigenvalue weighted by atomic mass is 32.2. The molecule has 0 radical (unpaired) electrons. The lowest BCUT2D eigenvalue weighted by Crippen LogP contribution is -2.38. The van der Waals surface area contributed by atoms with E-state index in [1.165, 1.54) is 0 Å². The van der Waals surface area contributed by atoms with Gasteiger partial charge in [0.1, 0.15) is 15.7 Å². The van der Waals surface area contributed by atoms with Gasteiger partial charge in [0.05, 0.1) is 17.6 Å². The largest absolute Gasteiger partial charge is 0.385 e. The van der Waals surface area contributed by atoms with Gasteiger partial charge < -0.3 is 10.6 Å². The van der Waals surface area contributed by atoms with E-state index >= 15 is 0 Å². The van der Waals surface area contributed by atoms with Gasteiger partial charge in [-0.25, -0.2) is 18.4 Å². The minimum absolute atomic E-state index is 0.0934. The molecule has 0 spiro atoms. The number of carbonyl (C=O) groups excluding carboxylic acids is 1. The number of hydrogen-bond donors (Lipinski definition) is 2. The Labute approximate surface area is 125 Å². The summed E-state index contributed by atoms with van der Waals surface area (Å²) >= 11 is 0. The molecule has 2 N–H and O–H groups in total. The second-order valence-electron chi connectivity index (χ2n) is 5.36. The molecule has 0 aromatic carbocycles. The number of nitrogens with zero attached hydrogens (tertiary/aromatic N) is 2. The zero-order valence-electron chi connectivity index (χ0n) is 13.0. The summed E-state index contributed by atoms with van der Waals surface area (Å²) in [6.07, 6.45) is 2.69. The molecule has 0 aliphatic heterocycles. The first-order valence-corrected chi connectivity index (χ1v) is 8.73. The Morgan fingerprint density at radius 2 is 1.95 bits per heavy atom. The molecule has 1 amide bonds. The highest BCUT2D eigenvalue weighted by Gasteiger charge is 2.19. The first-order chi connectivity index (χ1) is 9.64. The van der Waals surface area contributed by atoms with E-state index in [-0.39, 0.29) is 17.4 Å². The average Bonchev–Trinajstić information content (AvgIpc) is 2.35. The molecule has 0 saturated heterocycles. The molecule has 0 aliphatic rings. The zero-order chi connectivity index (χ0) is 16.2. The van der Waals surface area contributed by atoms with Gasteiger partial charge in [0.25, 0.3) is 5.91 Å². The zero-order valence-corrected chi connectivity index (χ0v) is 13.8. The van der Waals surface area contributed by atoms with Gasteiger partial charge in [0.15, 0.2) is 5.69 Å². The Hall–Kier alpha value is -1.70. The minimum atomic E-state index is -3.15. The number of aromatic nitrogens is 2. The van der Waals surface area contributed by atoms with Gasteiger partial charge in [-0.05, 0) is 6.92 Å². The van der Waals surface area contributed by atoms with E-state index in [0.717, 1.165) is 6.26 Å². The van der Waals surface area contributed by atoms with Crippen molar-refractivity contribution in [2.75, 3.05) is 24.4 Å². The van der Waals surface area contributed by atoms with Crippen LogP contribution in [0.15, 0.2) is 6.20 Å². The van der Waals surface area contributed by atoms with Gasteiger partial charge in [-0.3, -0.25) is 4.79 Å². The molecule has 0 bridgehead atoms. The topological polar surface area (TPSA) is 101 Å². The highest BCUT2D eigenvalue weighted by molar-refractivity contribution is 7.90. The smallest absolute Gasteiger partial charge is 0.272 e. The van der Waals surface area contributed by atoms with E-state index in [0.29, 0.717) is 11.5 Å². The van der Waals surface area contributed by atoms with Crippen molar-refractivity contribution >= 4 is 21.4 Å². The van der Waals surface area contributed by atoms with Crippen LogP contribution in [0, 0.1) is 0 Å². The molecule has 118 valence electrons. The molecule has 0 fully saturated rings. The fourth-order valence-corrected chi connectivity index (χ4v) is 2.81. The van der Waals surface area contributed by atoms with E-state index in [2.05, 4.69) is 20.6 Å². The monoisotopic (exact) mass is 314 g/mol. The number of nitrogens with one attached hydrogen (secondary N) is 2. The maximum Gasteiger partial charge on any atom is 0.272 e. The highest BCUT2D eigenvalue weighted by Crippen LogP contribution is 2.16. The normalized spacial score (nSPS) is 13.0. The number of amides is 1. The molecule has 1 aromatic rings. The van der Waals surface area contributed by atoms with Gasteiger partial charge in [0.2, 0.25) is 0 Å². The Morgan fingerprint density at radius 3 is 2.43 bits per heavy atom. The summed E-state index contributed by atoms with van der Waals surface area (Å²) in [5, 5.41) is 5.51. The summed E-state index contributed by atoms with van der Waals surface area (Å²) in [6, 6.07) is -0.491. The predicted molar refractivity (Wildman–Crippen MR) is 82.3 cm³/mol. The van der Waals surface area contributed by atoms with Crippen LogP contribution in [-0.4, -0.2) is 49.4 Å². The minimum Gasteiger partial charge on any atom is -0.385 e. The van der Waals surface area contributed by atoms with Crippen molar-refractivity contribution in [3.63, 3.8) is 0 Å². The van der Waals surface area contributed by atoms with Crippen molar-refractivity contribution < 1.29 is 13.2 Å². The van der Waals surface area contributed by atoms with Crippen LogP contribution in [0.25, 0.3) is 0 Å². The number of anilines is 1. The summed E-state index contributed by atoms with van der Waals surface area (Å²) < 4.78 is 22.5. The van der Waals surface area contributed by atoms with Crippen LogP contribution in [0.4, 0.5) is 5.69 Å². The van der Waals surface area contributed by atoms with Crippen LogP contribution in [0.5, 0.6) is 0 Å². The molecular weight excluding hydrogens is 292 g/mol. The summed E-state index contributed by atoms with van der Waals surface area (Å²) in [6.45, 7) is 5.51. The summed E-state index contributed by atoms with van der Waals surface area (Å²) in [4.78, 5) is 20.7. The SMILES string of the molecule is CNc1cnc(C(C)C)nc1C(=O)NC(C)CS(C)(=O)=O. The van der Waals surface area contributed by atoms with E-state index in [9.17, 15) is 13.2 Å². The number of hydrogen-bond acceptors (Lipinski definition) is 6. The third-order valence-corrected chi connectivity index (χ3v) is 3.84. The lowest BCUT2D eigenvalue weighted by atomic mass is 10.2. The summed E-state index contributed by atoms with van der Waals surface area (Å²) in [5.74, 6) is 0.126. The summed E-state index contributed by atoms with van der Waals surface area (Å²) in [5.41, 5.74) is 0.722. The lowest BCUT2D eigenvalue weighted by Gasteiger charge is -2.15. The van der Waals surface area contributed by atoms with E-state index in [4.69, 9.17) is 0 Å². The molecule has 1 rings (SSSR count). The Kier molecular flexibility index (Phi) is 5.65. The van der Waals surface area contributed by atoms with Crippen molar-refractivity contribution in [1.29, 1.82) is 0 Å². The first-order valence-electron chi connectivity index (χ1n) is 6.67. The van der Waals surface area contributed by atoms with Gasteiger partial charge in [-0.15, -0.1) is 0 Å². The van der Waals surface area contributed by atoms with E-state index < -0.39 is 21.8 Å². The first kappa shape index (κ1) is 17.4. The Morgan fingerprint density at radius 1 is 1.33 bits per heavy atom. The molecule has 1 unspecified atom stereocenters.